The summed E-state index contributed by atoms with van der Waals surface area (Å²) in [5, 5.41) is 2.76. The Morgan fingerprint density at radius 2 is 2.06 bits per heavy atom. The standard InChI is InChI=1S/C13H11NO2/c1-9(15)5-4-7-11-10-6-2-3-8-12(10)14-13(11)16/h2-8H,1H3,(H,14,16)/b5-4+,11-7-. The molecule has 1 amide bonds. The van der Waals surface area contributed by atoms with E-state index >= 15 is 0 Å². The van der Waals surface area contributed by atoms with Gasteiger partial charge >= 0.3 is 0 Å². The number of hydrogen-bond donors (Lipinski definition) is 1. The van der Waals surface area contributed by atoms with Crippen LogP contribution in [0.15, 0.2) is 42.5 Å². The minimum absolute atomic E-state index is 0.0384. The van der Waals surface area contributed by atoms with Crippen LogP contribution in [0.1, 0.15) is 12.5 Å². The van der Waals surface area contributed by atoms with E-state index in [1.807, 2.05) is 24.3 Å². The van der Waals surface area contributed by atoms with Gasteiger partial charge in [-0.15, -0.1) is 0 Å². The van der Waals surface area contributed by atoms with Crippen molar-refractivity contribution >= 4 is 23.0 Å². The molecule has 16 heavy (non-hydrogen) atoms. The molecule has 1 heterocycles. The minimum atomic E-state index is -0.130. The zero-order valence-corrected chi connectivity index (χ0v) is 8.86. The molecular weight excluding hydrogens is 202 g/mol. The summed E-state index contributed by atoms with van der Waals surface area (Å²) in [6, 6.07) is 7.47. The summed E-state index contributed by atoms with van der Waals surface area (Å²) >= 11 is 0. The number of para-hydroxylation sites is 1. The molecule has 0 saturated heterocycles. The van der Waals surface area contributed by atoms with Gasteiger partial charge in [-0.05, 0) is 25.1 Å². The molecule has 0 aliphatic carbocycles. The van der Waals surface area contributed by atoms with Gasteiger partial charge in [-0.1, -0.05) is 24.3 Å². The summed E-state index contributed by atoms with van der Waals surface area (Å²) in [6.45, 7) is 1.47. The number of benzene rings is 1. The number of amides is 1. The molecule has 80 valence electrons. The van der Waals surface area contributed by atoms with Crippen LogP contribution in [0.5, 0.6) is 0 Å². The van der Waals surface area contributed by atoms with Gasteiger partial charge in [0.2, 0.25) is 0 Å². The summed E-state index contributed by atoms with van der Waals surface area (Å²) in [5.74, 6) is -0.169. The first-order valence-electron chi connectivity index (χ1n) is 4.98. The fraction of sp³-hybridized carbons (Fsp3) is 0.0769. The normalized spacial score (nSPS) is 16.6. The largest absolute Gasteiger partial charge is 0.321 e. The fourth-order valence-electron chi connectivity index (χ4n) is 1.58. The van der Waals surface area contributed by atoms with Crippen LogP contribution in [0.4, 0.5) is 5.69 Å². The number of ketones is 1. The lowest BCUT2D eigenvalue weighted by Crippen LogP contribution is -2.03. The summed E-state index contributed by atoms with van der Waals surface area (Å²) in [7, 11) is 0. The Bertz CT molecular complexity index is 512. The molecule has 0 radical (unpaired) electrons. The lowest BCUT2D eigenvalue weighted by Gasteiger charge is -1.94. The van der Waals surface area contributed by atoms with Gasteiger partial charge in [0.1, 0.15) is 0 Å². The highest BCUT2D eigenvalue weighted by Crippen LogP contribution is 2.30. The monoisotopic (exact) mass is 213 g/mol. The van der Waals surface area contributed by atoms with E-state index in [9.17, 15) is 9.59 Å². The van der Waals surface area contributed by atoms with E-state index in [1.165, 1.54) is 13.0 Å². The van der Waals surface area contributed by atoms with Crippen LogP contribution < -0.4 is 5.32 Å². The number of hydrogen-bond acceptors (Lipinski definition) is 2. The molecule has 1 aromatic carbocycles. The second-order valence-electron chi connectivity index (χ2n) is 3.55. The van der Waals surface area contributed by atoms with Gasteiger partial charge in [0, 0.05) is 16.8 Å². The fourth-order valence-corrected chi connectivity index (χ4v) is 1.58. The van der Waals surface area contributed by atoms with Crippen molar-refractivity contribution in [2.24, 2.45) is 0 Å². The summed E-state index contributed by atoms with van der Waals surface area (Å²) in [6.07, 6.45) is 4.68. The lowest BCUT2D eigenvalue weighted by atomic mass is 10.1. The van der Waals surface area contributed by atoms with E-state index in [2.05, 4.69) is 5.32 Å². The average molecular weight is 213 g/mol. The Hall–Kier alpha value is -2.16. The molecule has 0 unspecified atom stereocenters. The molecule has 1 aliphatic heterocycles. The molecule has 1 N–H and O–H groups in total. The predicted octanol–water partition coefficient (Wildman–Crippen LogP) is 2.17. The third-order valence-corrected chi connectivity index (χ3v) is 2.30. The molecule has 3 heteroatoms. The Morgan fingerprint density at radius 1 is 1.31 bits per heavy atom. The summed E-state index contributed by atoms with van der Waals surface area (Å²) in [5.41, 5.74) is 2.28. The zero-order chi connectivity index (χ0) is 11.5. The van der Waals surface area contributed by atoms with Crippen molar-refractivity contribution in [1.82, 2.24) is 0 Å². The van der Waals surface area contributed by atoms with Crippen molar-refractivity contribution in [3.63, 3.8) is 0 Å². The average Bonchev–Trinajstić information content (AvgIpc) is 2.55. The van der Waals surface area contributed by atoms with E-state index in [0.29, 0.717) is 5.57 Å². The van der Waals surface area contributed by atoms with Crippen LogP contribution in [0.25, 0.3) is 5.57 Å². The van der Waals surface area contributed by atoms with Crippen LogP contribution >= 0.6 is 0 Å². The lowest BCUT2D eigenvalue weighted by molar-refractivity contribution is -0.113. The first kappa shape index (κ1) is 10.4. The molecule has 0 spiro atoms. The number of carbonyl (C=O) groups excluding carboxylic acids is 2. The molecule has 0 saturated carbocycles. The number of allylic oxidation sites excluding steroid dienone is 3. The maximum absolute atomic E-state index is 11.6. The van der Waals surface area contributed by atoms with Crippen molar-refractivity contribution in [3.05, 3.63) is 48.1 Å². The van der Waals surface area contributed by atoms with Crippen molar-refractivity contribution in [2.75, 3.05) is 5.32 Å². The van der Waals surface area contributed by atoms with Crippen molar-refractivity contribution in [1.29, 1.82) is 0 Å². The maximum Gasteiger partial charge on any atom is 0.256 e. The number of fused-ring (bicyclic) bond motifs is 1. The Balaban J connectivity index is 2.36. The highest BCUT2D eigenvalue weighted by atomic mass is 16.2. The van der Waals surface area contributed by atoms with Crippen LogP contribution in [0.2, 0.25) is 0 Å². The molecule has 1 aromatic rings. The second-order valence-corrected chi connectivity index (χ2v) is 3.55. The first-order valence-corrected chi connectivity index (χ1v) is 4.98. The molecule has 1 aliphatic rings. The van der Waals surface area contributed by atoms with E-state index in [4.69, 9.17) is 0 Å². The first-order chi connectivity index (χ1) is 7.68. The van der Waals surface area contributed by atoms with Gasteiger partial charge < -0.3 is 5.32 Å². The summed E-state index contributed by atoms with van der Waals surface area (Å²) < 4.78 is 0. The quantitative estimate of drug-likeness (QED) is 0.765. The molecule has 2 rings (SSSR count). The number of rotatable bonds is 2. The maximum atomic E-state index is 11.6. The molecule has 3 nitrogen and oxygen atoms in total. The van der Waals surface area contributed by atoms with E-state index in [-0.39, 0.29) is 11.7 Å². The van der Waals surface area contributed by atoms with Gasteiger partial charge in [-0.3, -0.25) is 9.59 Å². The second kappa shape index (κ2) is 4.14. The van der Waals surface area contributed by atoms with Crippen molar-refractivity contribution < 1.29 is 9.59 Å². The number of carbonyl (C=O) groups is 2. The molecule has 0 atom stereocenters. The SMILES string of the molecule is CC(=O)/C=C/C=C1\C(=O)Nc2ccccc21. The highest BCUT2D eigenvalue weighted by Gasteiger charge is 2.22. The molecule has 0 fully saturated rings. The van der Waals surface area contributed by atoms with Crippen LogP contribution in [-0.2, 0) is 9.59 Å². The Labute approximate surface area is 93.5 Å². The van der Waals surface area contributed by atoms with Crippen molar-refractivity contribution in [2.45, 2.75) is 6.92 Å². The van der Waals surface area contributed by atoms with E-state index < -0.39 is 0 Å². The van der Waals surface area contributed by atoms with Gasteiger partial charge in [0.05, 0.1) is 0 Å². The zero-order valence-electron chi connectivity index (χ0n) is 8.86. The Morgan fingerprint density at radius 3 is 2.81 bits per heavy atom. The van der Waals surface area contributed by atoms with Gasteiger partial charge in [0.25, 0.3) is 5.91 Å². The van der Waals surface area contributed by atoms with Crippen LogP contribution in [0.3, 0.4) is 0 Å². The van der Waals surface area contributed by atoms with Gasteiger partial charge in [-0.2, -0.15) is 0 Å². The molecule has 0 aromatic heterocycles. The van der Waals surface area contributed by atoms with Crippen LogP contribution in [-0.4, -0.2) is 11.7 Å². The molecular formula is C13H11NO2. The van der Waals surface area contributed by atoms with Gasteiger partial charge in [-0.25, -0.2) is 0 Å². The minimum Gasteiger partial charge on any atom is -0.321 e. The highest BCUT2D eigenvalue weighted by molar-refractivity contribution is 6.31. The summed E-state index contributed by atoms with van der Waals surface area (Å²) in [4.78, 5) is 22.3. The topological polar surface area (TPSA) is 46.2 Å². The van der Waals surface area contributed by atoms with Crippen molar-refractivity contribution in [3.8, 4) is 0 Å². The number of anilines is 1. The molecule has 0 bridgehead atoms. The smallest absolute Gasteiger partial charge is 0.256 e. The number of nitrogens with one attached hydrogen (secondary N) is 1. The predicted molar refractivity (Wildman–Crippen MR) is 62.9 cm³/mol. The van der Waals surface area contributed by atoms with Gasteiger partial charge in [0.15, 0.2) is 5.78 Å². The third kappa shape index (κ3) is 1.93. The third-order valence-electron chi connectivity index (χ3n) is 2.30. The van der Waals surface area contributed by atoms with Crippen LogP contribution in [0, 0.1) is 0 Å². The van der Waals surface area contributed by atoms with E-state index in [0.717, 1.165) is 11.3 Å². The van der Waals surface area contributed by atoms with E-state index in [1.54, 1.807) is 12.2 Å². The Kier molecular flexibility index (Phi) is 2.68.